The number of benzene rings is 2. The average Bonchev–Trinajstić information content (AvgIpc) is 2.75. The molecule has 0 saturated carbocycles. The molecule has 2 aromatic rings. The minimum absolute atomic E-state index is 0. The van der Waals surface area contributed by atoms with Crippen LogP contribution in [0.25, 0.3) is 0 Å². The third-order valence-corrected chi connectivity index (χ3v) is 4.33. The number of guanidine groups is 1. The van der Waals surface area contributed by atoms with Crippen molar-refractivity contribution >= 4 is 29.9 Å². The van der Waals surface area contributed by atoms with Crippen molar-refractivity contribution in [3.63, 3.8) is 0 Å². The molecule has 0 amide bonds. The van der Waals surface area contributed by atoms with Crippen LogP contribution in [0, 0.1) is 0 Å². The zero-order chi connectivity index (χ0) is 20.4. The lowest BCUT2D eigenvalue weighted by Crippen LogP contribution is -2.37. The van der Waals surface area contributed by atoms with Crippen molar-refractivity contribution in [3.05, 3.63) is 47.5 Å². The predicted octanol–water partition coefficient (Wildman–Crippen LogP) is 3.25. The van der Waals surface area contributed by atoms with Crippen molar-refractivity contribution in [1.29, 1.82) is 0 Å². The van der Waals surface area contributed by atoms with Crippen molar-refractivity contribution in [1.82, 2.24) is 10.6 Å². The zero-order valence-electron chi connectivity index (χ0n) is 17.6. The van der Waals surface area contributed by atoms with E-state index in [1.807, 2.05) is 36.4 Å². The summed E-state index contributed by atoms with van der Waals surface area (Å²) >= 11 is 0. The van der Waals surface area contributed by atoms with Crippen LogP contribution in [0.4, 0.5) is 0 Å². The van der Waals surface area contributed by atoms with Gasteiger partial charge in [0.1, 0.15) is 5.75 Å². The first-order chi connectivity index (χ1) is 13.7. The molecular weight excluding hydrogens is 485 g/mol. The molecule has 7 nitrogen and oxygen atoms in total. The van der Waals surface area contributed by atoms with E-state index in [9.17, 15) is 0 Å². The van der Waals surface area contributed by atoms with E-state index in [1.54, 1.807) is 35.5 Å². The molecule has 0 aliphatic heterocycles. The topological polar surface area (TPSA) is 73.3 Å². The number of hydrogen-bond donors (Lipinski definition) is 2. The second-order valence-electron chi connectivity index (χ2n) is 5.91. The molecule has 0 aliphatic carbocycles. The first-order valence-corrected chi connectivity index (χ1v) is 9.02. The molecule has 160 valence electrons. The first-order valence-electron chi connectivity index (χ1n) is 9.02. The van der Waals surface area contributed by atoms with E-state index >= 15 is 0 Å². The van der Waals surface area contributed by atoms with Crippen LogP contribution in [0.2, 0.25) is 0 Å². The SMILES string of the molecule is CN=C(NCCc1ccc(OC)c(OC)c1OC)NCc1ccccc1OC.I. The summed E-state index contributed by atoms with van der Waals surface area (Å²) in [6.45, 7) is 1.29. The lowest BCUT2D eigenvalue weighted by atomic mass is 10.1. The minimum atomic E-state index is 0. The fourth-order valence-electron chi connectivity index (χ4n) is 2.92. The second kappa shape index (κ2) is 13.0. The van der Waals surface area contributed by atoms with E-state index in [0.29, 0.717) is 36.3 Å². The predicted molar refractivity (Wildman–Crippen MR) is 126 cm³/mol. The Morgan fingerprint density at radius 3 is 2.10 bits per heavy atom. The van der Waals surface area contributed by atoms with Crippen molar-refractivity contribution in [2.75, 3.05) is 42.0 Å². The van der Waals surface area contributed by atoms with Crippen LogP contribution in [-0.4, -0.2) is 48.0 Å². The van der Waals surface area contributed by atoms with Crippen molar-refractivity contribution in [2.45, 2.75) is 13.0 Å². The highest BCUT2D eigenvalue weighted by Gasteiger charge is 2.15. The van der Waals surface area contributed by atoms with Gasteiger partial charge in [-0.05, 0) is 18.6 Å². The molecule has 0 saturated heterocycles. The van der Waals surface area contributed by atoms with Gasteiger partial charge in [-0.2, -0.15) is 0 Å². The molecule has 2 aromatic carbocycles. The molecule has 0 spiro atoms. The number of hydrogen-bond acceptors (Lipinski definition) is 5. The molecule has 2 N–H and O–H groups in total. The van der Waals surface area contributed by atoms with E-state index in [2.05, 4.69) is 15.6 Å². The molecule has 0 aromatic heterocycles. The Morgan fingerprint density at radius 2 is 1.48 bits per heavy atom. The van der Waals surface area contributed by atoms with Gasteiger partial charge >= 0.3 is 0 Å². The number of nitrogens with zero attached hydrogens (tertiary/aromatic N) is 1. The fourth-order valence-corrected chi connectivity index (χ4v) is 2.92. The molecule has 2 rings (SSSR count). The van der Waals surface area contributed by atoms with E-state index in [4.69, 9.17) is 18.9 Å². The Kier molecular flexibility index (Phi) is 11.0. The van der Waals surface area contributed by atoms with Crippen molar-refractivity contribution < 1.29 is 18.9 Å². The number of rotatable bonds is 9. The number of para-hydroxylation sites is 1. The molecule has 0 radical (unpaired) electrons. The van der Waals surface area contributed by atoms with E-state index in [-0.39, 0.29) is 24.0 Å². The Balaban J connectivity index is 0.00000420. The van der Waals surface area contributed by atoms with Crippen molar-refractivity contribution in [2.24, 2.45) is 4.99 Å². The third kappa shape index (κ3) is 6.59. The van der Waals surface area contributed by atoms with Gasteiger partial charge in [-0.1, -0.05) is 24.3 Å². The van der Waals surface area contributed by atoms with E-state index in [0.717, 1.165) is 23.3 Å². The van der Waals surface area contributed by atoms with Crippen LogP contribution in [0.15, 0.2) is 41.4 Å². The summed E-state index contributed by atoms with van der Waals surface area (Å²) < 4.78 is 21.7. The third-order valence-electron chi connectivity index (χ3n) is 4.33. The van der Waals surface area contributed by atoms with Gasteiger partial charge in [-0.15, -0.1) is 24.0 Å². The molecule has 29 heavy (non-hydrogen) atoms. The number of ether oxygens (including phenoxy) is 4. The number of nitrogens with one attached hydrogen (secondary N) is 2. The summed E-state index contributed by atoms with van der Waals surface area (Å²) in [7, 11) is 8.25. The van der Waals surface area contributed by atoms with Crippen LogP contribution in [-0.2, 0) is 13.0 Å². The maximum absolute atomic E-state index is 5.53. The molecule has 0 heterocycles. The summed E-state index contributed by atoms with van der Waals surface area (Å²) in [5.41, 5.74) is 2.09. The van der Waals surface area contributed by atoms with Gasteiger partial charge in [0, 0.05) is 31.3 Å². The Bertz CT molecular complexity index is 799. The highest BCUT2D eigenvalue weighted by molar-refractivity contribution is 14.0. The van der Waals surface area contributed by atoms with Crippen LogP contribution in [0.1, 0.15) is 11.1 Å². The van der Waals surface area contributed by atoms with Crippen molar-refractivity contribution in [3.8, 4) is 23.0 Å². The van der Waals surface area contributed by atoms with E-state index < -0.39 is 0 Å². The number of methoxy groups -OCH3 is 4. The van der Waals surface area contributed by atoms with Gasteiger partial charge in [-0.25, -0.2) is 0 Å². The standard InChI is InChI=1S/C21H29N3O4.HI/c1-22-21(24-14-16-8-6-7-9-17(16)25-2)23-13-12-15-10-11-18(26-3)20(28-5)19(15)27-4;/h6-11H,12-14H2,1-5H3,(H2,22,23,24);1H. The van der Waals surface area contributed by atoms with Crippen LogP contribution in [0.3, 0.4) is 0 Å². The van der Waals surface area contributed by atoms with Gasteiger partial charge in [0.15, 0.2) is 17.5 Å². The van der Waals surface area contributed by atoms with Gasteiger partial charge < -0.3 is 29.6 Å². The Morgan fingerprint density at radius 1 is 0.793 bits per heavy atom. The monoisotopic (exact) mass is 515 g/mol. The molecule has 8 heteroatoms. The first kappa shape index (κ1) is 24.7. The maximum atomic E-state index is 5.53. The fraction of sp³-hybridized carbons (Fsp3) is 0.381. The lowest BCUT2D eigenvalue weighted by Gasteiger charge is -2.17. The zero-order valence-corrected chi connectivity index (χ0v) is 19.9. The Hall–Kier alpha value is -2.36. The smallest absolute Gasteiger partial charge is 0.203 e. The summed E-state index contributed by atoms with van der Waals surface area (Å²) in [6, 6.07) is 11.8. The van der Waals surface area contributed by atoms with Gasteiger partial charge in [0.05, 0.1) is 28.4 Å². The van der Waals surface area contributed by atoms with Crippen LogP contribution < -0.4 is 29.6 Å². The summed E-state index contributed by atoms with van der Waals surface area (Å²) in [4.78, 5) is 4.27. The number of aliphatic imine (C=N–C) groups is 1. The molecule has 0 aliphatic rings. The molecule has 0 unspecified atom stereocenters. The van der Waals surface area contributed by atoms with Crippen LogP contribution >= 0.6 is 24.0 Å². The minimum Gasteiger partial charge on any atom is -0.496 e. The van der Waals surface area contributed by atoms with Gasteiger partial charge in [0.2, 0.25) is 5.75 Å². The Labute approximate surface area is 189 Å². The average molecular weight is 515 g/mol. The van der Waals surface area contributed by atoms with Crippen LogP contribution in [0.5, 0.6) is 23.0 Å². The quantitative estimate of drug-likeness (QED) is 0.304. The number of halogens is 1. The molecular formula is C21H30IN3O4. The normalized spacial score (nSPS) is 10.6. The largest absolute Gasteiger partial charge is 0.496 e. The highest BCUT2D eigenvalue weighted by Crippen LogP contribution is 2.39. The molecule has 0 fully saturated rings. The molecule has 0 bridgehead atoms. The summed E-state index contributed by atoms with van der Waals surface area (Å²) in [5, 5.41) is 6.61. The maximum Gasteiger partial charge on any atom is 0.203 e. The highest BCUT2D eigenvalue weighted by atomic mass is 127. The van der Waals surface area contributed by atoms with Gasteiger partial charge in [-0.3, -0.25) is 4.99 Å². The second-order valence-corrected chi connectivity index (χ2v) is 5.91. The summed E-state index contributed by atoms with van der Waals surface area (Å²) in [5.74, 6) is 3.48. The lowest BCUT2D eigenvalue weighted by molar-refractivity contribution is 0.322. The van der Waals surface area contributed by atoms with Gasteiger partial charge in [0.25, 0.3) is 0 Å². The molecule has 0 atom stereocenters. The summed E-state index contributed by atoms with van der Waals surface area (Å²) in [6.07, 6.45) is 0.735. The van der Waals surface area contributed by atoms with E-state index in [1.165, 1.54) is 0 Å².